The molecule has 0 spiro atoms. The molecule has 0 heterocycles. The van der Waals surface area contributed by atoms with Gasteiger partial charge in [-0.1, -0.05) is 12.1 Å². The van der Waals surface area contributed by atoms with E-state index in [2.05, 4.69) is 10.6 Å². The fourth-order valence-electron chi connectivity index (χ4n) is 6.57. The molecule has 0 aromatic heterocycles. The molecule has 1 aromatic rings. The molecule has 5 rings (SSSR count). The van der Waals surface area contributed by atoms with Crippen LogP contribution in [0.3, 0.4) is 0 Å². The van der Waals surface area contributed by atoms with Crippen molar-refractivity contribution in [1.29, 1.82) is 0 Å². The van der Waals surface area contributed by atoms with Gasteiger partial charge in [0.15, 0.2) is 0 Å². The first-order chi connectivity index (χ1) is 15.3. The lowest BCUT2D eigenvalue weighted by molar-refractivity contribution is -0.146. The highest BCUT2D eigenvalue weighted by molar-refractivity contribution is 5.96. The fraction of sp³-hybridized carbons (Fsp3) is 0.654. The molecule has 4 saturated carbocycles. The van der Waals surface area contributed by atoms with Gasteiger partial charge < -0.3 is 15.5 Å². The van der Waals surface area contributed by atoms with E-state index in [0.717, 1.165) is 42.6 Å². The van der Waals surface area contributed by atoms with Crippen LogP contribution in [0.1, 0.15) is 75.2 Å². The average Bonchev–Trinajstić information content (AvgIpc) is 2.74. The molecule has 4 aliphatic rings. The van der Waals surface area contributed by atoms with Crippen LogP contribution in [-0.2, 0) is 16.1 Å². The van der Waals surface area contributed by atoms with E-state index >= 15 is 0 Å². The standard InChI is InChI=1S/C26H37N3O3/c1-4-29(16-23(30)28-17(2)3)24(31)22-7-5-18(6-8-22)15-27-25(32)26-12-19-9-20(13-26)11-21(10-19)14-26/h5-8,17,19-21H,4,9-16H2,1-3H3,(H,27,32)(H,28,30). The number of benzene rings is 1. The smallest absolute Gasteiger partial charge is 0.254 e. The molecule has 1 aromatic carbocycles. The lowest BCUT2D eigenvalue weighted by Gasteiger charge is -2.55. The summed E-state index contributed by atoms with van der Waals surface area (Å²) in [5.74, 6) is 2.17. The molecule has 4 aliphatic carbocycles. The largest absolute Gasteiger partial charge is 0.352 e. The zero-order valence-electron chi connectivity index (χ0n) is 19.7. The summed E-state index contributed by atoms with van der Waals surface area (Å²) < 4.78 is 0. The SMILES string of the molecule is CCN(CC(=O)NC(C)C)C(=O)c1ccc(CNC(=O)C23CC4CC(CC(C4)C2)C3)cc1. The van der Waals surface area contributed by atoms with Crippen LogP contribution in [0.15, 0.2) is 24.3 Å². The lowest BCUT2D eigenvalue weighted by atomic mass is 9.49. The highest BCUT2D eigenvalue weighted by Crippen LogP contribution is 2.60. The summed E-state index contributed by atoms with van der Waals surface area (Å²) in [6.45, 7) is 6.68. The second-order valence-corrected chi connectivity index (χ2v) is 10.6. The van der Waals surface area contributed by atoms with Gasteiger partial charge in [0.1, 0.15) is 0 Å². The molecule has 0 aliphatic heterocycles. The molecular weight excluding hydrogens is 402 g/mol. The first kappa shape index (κ1) is 22.8. The van der Waals surface area contributed by atoms with E-state index in [9.17, 15) is 14.4 Å². The van der Waals surface area contributed by atoms with Crippen molar-refractivity contribution in [3.8, 4) is 0 Å². The molecule has 4 fully saturated rings. The van der Waals surface area contributed by atoms with Gasteiger partial charge in [-0.3, -0.25) is 14.4 Å². The number of carbonyl (C=O) groups is 3. The Bertz CT molecular complexity index is 826. The van der Waals surface area contributed by atoms with Crippen molar-refractivity contribution >= 4 is 17.7 Å². The minimum Gasteiger partial charge on any atom is -0.352 e. The predicted octanol–water partition coefficient (Wildman–Crippen LogP) is 3.51. The van der Waals surface area contributed by atoms with E-state index in [1.807, 2.05) is 32.9 Å². The zero-order chi connectivity index (χ0) is 22.9. The number of carbonyl (C=O) groups excluding carboxylic acids is 3. The minimum absolute atomic E-state index is 0.0456. The van der Waals surface area contributed by atoms with Gasteiger partial charge in [-0.2, -0.15) is 0 Å². The van der Waals surface area contributed by atoms with E-state index in [4.69, 9.17) is 0 Å². The Kier molecular flexibility index (Phi) is 6.59. The third kappa shape index (κ3) is 4.84. The molecule has 2 N–H and O–H groups in total. The Morgan fingerprint density at radius 2 is 1.56 bits per heavy atom. The molecule has 174 valence electrons. The zero-order valence-corrected chi connectivity index (χ0v) is 19.7. The lowest BCUT2D eigenvalue weighted by Crippen LogP contribution is -2.53. The number of hydrogen-bond donors (Lipinski definition) is 2. The van der Waals surface area contributed by atoms with Crippen molar-refractivity contribution in [3.63, 3.8) is 0 Å². The fourth-order valence-corrected chi connectivity index (χ4v) is 6.57. The number of amides is 3. The maximum absolute atomic E-state index is 13.1. The molecule has 0 atom stereocenters. The number of hydrogen-bond acceptors (Lipinski definition) is 3. The molecule has 4 bridgehead atoms. The maximum atomic E-state index is 13.1. The quantitative estimate of drug-likeness (QED) is 0.651. The first-order valence-corrected chi connectivity index (χ1v) is 12.2. The van der Waals surface area contributed by atoms with Gasteiger partial charge in [-0.05, 0) is 94.7 Å². The van der Waals surface area contributed by atoms with Crippen molar-refractivity contribution in [2.75, 3.05) is 13.1 Å². The summed E-state index contributed by atoms with van der Waals surface area (Å²) in [7, 11) is 0. The molecule has 3 amide bonds. The van der Waals surface area contributed by atoms with Crippen LogP contribution in [0.4, 0.5) is 0 Å². The van der Waals surface area contributed by atoms with Crippen molar-refractivity contribution in [2.45, 2.75) is 71.9 Å². The predicted molar refractivity (Wildman–Crippen MR) is 124 cm³/mol. The average molecular weight is 440 g/mol. The first-order valence-electron chi connectivity index (χ1n) is 12.2. The third-order valence-electron chi connectivity index (χ3n) is 7.63. The Labute approximate surface area is 191 Å². The summed E-state index contributed by atoms with van der Waals surface area (Å²) in [5, 5.41) is 6.02. The van der Waals surface area contributed by atoms with Gasteiger partial charge in [0.05, 0.1) is 6.54 Å². The van der Waals surface area contributed by atoms with E-state index in [1.54, 1.807) is 17.0 Å². The van der Waals surface area contributed by atoms with Crippen LogP contribution >= 0.6 is 0 Å². The summed E-state index contributed by atoms with van der Waals surface area (Å²) in [4.78, 5) is 39.5. The van der Waals surface area contributed by atoms with Crippen LogP contribution in [0.5, 0.6) is 0 Å². The normalized spacial score (nSPS) is 27.9. The number of nitrogens with one attached hydrogen (secondary N) is 2. The van der Waals surface area contributed by atoms with Gasteiger partial charge in [0, 0.05) is 30.1 Å². The molecule has 0 unspecified atom stereocenters. The van der Waals surface area contributed by atoms with Gasteiger partial charge in [-0.25, -0.2) is 0 Å². The van der Waals surface area contributed by atoms with Crippen LogP contribution in [-0.4, -0.2) is 41.8 Å². The Hall–Kier alpha value is -2.37. The van der Waals surface area contributed by atoms with Crippen molar-refractivity contribution in [2.24, 2.45) is 23.2 Å². The van der Waals surface area contributed by atoms with Crippen molar-refractivity contribution < 1.29 is 14.4 Å². The molecule has 6 nitrogen and oxygen atoms in total. The van der Waals surface area contributed by atoms with Gasteiger partial charge in [-0.15, -0.1) is 0 Å². The third-order valence-corrected chi connectivity index (χ3v) is 7.63. The van der Waals surface area contributed by atoms with Crippen LogP contribution in [0.2, 0.25) is 0 Å². The van der Waals surface area contributed by atoms with Gasteiger partial charge in [0.2, 0.25) is 11.8 Å². The van der Waals surface area contributed by atoms with Gasteiger partial charge in [0.25, 0.3) is 5.91 Å². The molecule has 0 saturated heterocycles. The van der Waals surface area contributed by atoms with E-state index in [1.165, 1.54) is 19.3 Å². The Morgan fingerprint density at radius 1 is 1.00 bits per heavy atom. The Balaban J connectivity index is 1.32. The minimum atomic E-state index is -0.157. The van der Waals surface area contributed by atoms with Gasteiger partial charge >= 0.3 is 0 Å². The van der Waals surface area contributed by atoms with Crippen LogP contribution in [0, 0.1) is 23.2 Å². The van der Waals surface area contributed by atoms with Crippen LogP contribution < -0.4 is 10.6 Å². The summed E-state index contributed by atoms with van der Waals surface area (Å²) >= 11 is 0. The molecule has 32 heavy (non-hydrogen) atoms. The number of likely N-dealkylation sites (N-methyl/N-ethyl adjacent to an activating group) is 1. The molecule has 0 radical (unpaired) electrons. The van der Waals surface area contributed by atoms with E-state index < -0.39 is 0 Å². The molecule has 6 heteroatoms. The maximum Gasteiger partial charge on any atom is 0.254 e. The summed E-state index contributed by atoms with van der Waals surface area (Å²) in [6, 6.07) is 7.42. The van der Waals surface area contributed by atoms with E-state index in [0.29, 0.717) is 18.7 Å². The van der Waals surface area contributed by atoms with Crippen molar-refractivity contribution in [1.82, 2.24) is 15.5 Å². The topological polar surface area (TPSA) is 78.5 Å². The Morgan fingerprint density at radius 3 is 2.06 bits per heavy atom. The number of rotatable bonds is 8. The highest BCUT2D eigenvalue weighted by atomic mass is 16.2. The summed E-state index contributed by atoms with van der Waals surface area (Å²) in [5.41, 5.74) is 1.41. The monoisotopic (exact) mass is 439 g/mol. The number of nitrogens with zero attached hydrogens (tertiary/aromatic N) is 1. The second-order valence-electron chi connectivity index (χ2n) is 10.6. The van der Waals surface area contributed by atoms with E-state index in [-0.39, 0.29) is 35.7 Å². The second kappa shape index (κ2) is 9.24. The molecular formula is C26H37N3O3. The van der Waals surface area contributed by atoms with Crippen LogP contribution in [0.25, 0.3) is 0 Å². The summed E-state index contributed by atoms with van der Waals surface area (Å²) in [6.07, 6.45) is 7.18. The van der Waals surface area contributed by atoms with Crippen molar-refractivity contribution in [3.05, 3.63) is 35.4 Å². The highest BCUT2D eigenvalue weighted by Gasteiger charge is 2.54.